The minimum Gasteiger partial charge on any atom is -0.307 e. The third-order valence-corrected chi connectivity index (χ3v) is 4.85. The lowest BCUT2D eigenvalue weighted by Crippen LogP contribution is -2.39. The van der Waals surface area contributed by atoms with Gasteiger partial charge in [0.1, 0.15) is 0 Å². The Kier molecular flexibility index (Phi) is 5.08. The molecule has 1 aromatic carbocycles. The molecule has 0 saturated heterocycles. The molecule has 0 bridgehead atoms. The van der Waals surface area contributed by atoms with E-state index in [2.05, 4.69) is 66.3 Å². The van der Waals surface area contributed by atoms with E-state index in [1.165, 1.54) is 31.2 Å². The first kappa shape index (κ1) is 15.1. The first-order valence-corrected chi connectivity index (χ1v) is 8.31. The predicted octanol–water partition coefficient (Wildman–Crippen LogP) is 5.46. The molecule has 1 aromatic rings. The van der Waals surface area contributed by atoms with E-state index >= 15 is 0 Å². The van der Waals surface area contributed by atoms with Gasteiger partial charge in [0.2, 0.25) is 0 Å². The third kappa shape index (κ3) is 4.32. The molecule has 106 valence electrons. The van der Waals surface area contributed by atoms with Gasteiger partial charge in [0, 0.05) is 16.6 Å². The van der Waals surface area contributed by atoms with Gasteiger partial charge in [-0.2, -0.15) is 0 Å². The molecule has 2 unspecified atom stereocenters. The highest BCUT2D eigenvalue weighted by atomic mass is 79.9. The van der Waals surface area contributed by atoms with Gasteiger partial charge in [-0.1, -0.05) is 55.3 Å². The second kappa shape index (κ2) is 6.41. The zero-order chi connectivity index (χ0) is 13.9. The van der Waals surface area contributed by atoms with E-state index in [9.17, 15) is 0 Å². The Balaban J connectivity index is 2.01. The number of benzene rings is 1. The van der Waals surface area contributed by atoms with Crippen molar-refractivity contribution < 1.29 is 0 Å². The molecule has 1 N–H and O–H groups in total. The highest BCUT2D eigenvalue weighted by Crippen LogP contribution is 2.36. The maximum Gasteiger partial charge on any atom is 0.0320 e. The molecule has 2 atom stereocenters. The largest absolute Gasteiger partial charge is 0.307 e. The second-order valence-corrected chi connectivity index (χ2v) is 7.55. The van der Waals surface area contributed by atoms with Gasteiger partial charge in [-0.3, -0.25) is 0 Å². The van der Waals surface area contributed by atoms with Crippen molar-refractivity contribution in [2.75, 3.05) is 0 Å². The minimum atomic E-state index is 0.493. The summed E-state index contributed by atoms with van der Waals surface area (Å²) in [7, 11) is 0. The van der Waals surface area contributed by atoms with Crippen LogP contribution in [-0.2, 0) is 0 Å². The minimum absolute atomic E-state index is 0.493. The fourth-order valence-corrected chi connectivity index (χ4v) is 3.53. The van der Waals surface area contributed by atoms with Gasteiger partial charge in [-0.05, 0) is 48.8 Å². The molecule has 1 nitrogen and oxygen atoms in total. The van der Waals surface area contributed by atoms with E-state index < -0.39 is 0 Å². The summed E-state index contributed by atoms with van der Waals surface area (Å²) in [5.41, 5.74) is 1.92. The molecule has 1 aliphatic rings. The number of rotatable bonds is 4. The zero-order valence-corrected chi connectivity index (χ0v) is 14.0. The summed E-state index contributed by atoms with van der Waals surface area (Å²) < 4.78 is 1.16. The summed E-state index contributed by atoms with van der Waals surface area (Å²) in [5.74, 6) is 0. The van der Waals surface area contributed by atoms with Gasteiger partial charge < -0.3 is 5.32 Å². The molecule has 1 aliphatic carbocycles. The lowest BCUT2D eigenvalue weighted by atomic mass is 9.75. The summed E-state index contributed by atoms with van der Waals surface area (Å²) in [6.45, 7) is 7.08. The standard InChI is InChI=1S/C17H26BrN/c1-4-16(13-7-9-14(18)10-8-13)19-15-6-5-11-17(2,3)12-15/h7-10,15-16,19H,4-6,11-12H2,1-3H3. The average Bonchev–Trinajstić information content (AvgIpc) is 2.36. The van der Waals surface area contributed by atoms with Crippen molar-refractivity contribution in [3.63, 3.8) is 0 Å². The van der Waals surface area contributed by atoms with Gasteiger partial charge in [-0.25, -0.2) is 0 Å². The molecule has 1 saturated carbocycles. The fraction of sp³-hybridized carbons (Fsp3) is 0.647. The quantitative estimate of drug-likeness (QED) is 0.775. The van der Waals surface area contributed by atoms with Gasteiger partial charge in [0.15, 0.2) is 0 Å². The van der Waals surface area contributed by atoms with Crippen molar-refractivity contribution in [3.8, 4) is 0 Å². The lowest BCUT2D eigenvalue weighted by Gasteiger charge is -2.37. The van der Waals surface area contributed by atoms with Crippen molar-refractivity contribution in [1.82, 2.24) is 5.32 Å². The molecule has 19 heavy (non-hydrogen) atoms. The molecule has 0 aromatic heterocycles. The van der Waals surface area contributed by atoms with Crippen LogP contribution in [0.5, 0.6) is 0 Å². The van der Waals surface area contributed by atoms with E-state index in [-0.39, 0.29) is 0 Å². The van der Waals surface area contributed by atoms with Crippen LogP contribution in [-0.4, -0.2) is 6.04 Å². The number of hydrogen-bond acceptors (Lipinski definition) is 1. The highest BCUT2D eigenvalue weighted by Gasteiger charge is 2.29. The Hall–Kier alpha value is -0.340. The van der Waals surface area contributed by atoms with Crippen molar-refractivity contribution in [3.05, 3.63) is 34.3 Å². The maximum atomic E-state index is 3.88. The van der Waals surface area contributed by atoms with E-state index in [1.54, 1.807) is 0 Å². The van der Waals surface area contributed by atoms with Crippen molar-refractivity contribution in [2.45, 2.75) is 65.0 Å². The Morgan fingerprint density at radius 2 is 2.00 bits per heavy atom. The molecule has 2 heteroatoms. The van der Waals surface area contributed by atoms with Crippen LogP contribution in [0.3, 0.4) is 0 Å². The summed E-state index contributed by atoms with van der Waals surface area (Å²) in [4.78, 5) is 0. The van der Waals surface area contributed by atoms with E-state index in [4.69, 9.17) is 0 Å². The van der Waals surface area contributed by atoms with Crippen LogP contribution in [0.25, 0.3) is 0 Å². The Morgan fingerprint density at radius 3 is 2.58 bits per heavy atom. The third-order valence-electron chi connectivity index (χ3n) is 4.32. The molecule has 2 rings (SSSR count). The zero-order valence-electron chi connectivity index (χ0n) is 12.4. The van der Waals surface area contributed by atoms with Gasteiger partial charge >= 0.3 is 0 Å². The Morgan fingerprint density at radius 1 is 1.32 bits per heavy atom. The van der Waals surface area contributed by atoms with Crippen LogP contribution in [0.2, 0.25) is 0 Å². The first-order chi connectivity index (χ1) is 9.00. The van der Waals surface area contributed by atoms with E-state index in [1.807, 2.05) is 0 Å². The molecule has 1 fully saturated rings. The first-order valence-electron chi connectivity index (χ1n) is 7.52. The Labute approximate surface area is 126 Å². The smallest absolute Gasteiger partial charge is 0.0320 e. The summed E-state index contributed by atoms with van der Waals surface area (Å²) in [5, 5.41) is 3.88. The maximum absolute atomic E-state index is 3.88. The van der Waals surface area contributed by atoms with Crippen molar-refractivity contribution >= 4 is 15.9 Å². The lowest BCUT2D eigenvalue weighted by molar-refractivity contribution is 0.188. The molecular formula is C17H26BrN. The van der Waals surface area contributed by atoms with Crippen LogP contribution in [0.15, 0.2) is 28.7 Å². The number of hydrogen-bond donors (Lipinski definition) is 1. The van der Waals surface area contributed by atoms with Gasteiger partial charge in [0.05, 0.1) is 0 Å². The molecular weight excluding hydrogens is 298 g/mol. The SMILES string of the molecule is CCC(NC1CCCC(C)(C)C1)c1ccc(Br)cc1. The number of nitrogens with one attached hydrogen (secondary N) is 1. The van der Waals surface area contributed by atoms with Crippen molar-refractivity contribution in [2.24, 2.45) is 5.41 Å². The summed E-state index contributed by atoms with van der Waals surface area (Å²) in [6.07, 6.45) is 6.52. The topological polar surface area (TPSA) is 12.0 Å². The molecule has 0 aliphatic heterocycles. The van der Waals surface area contributed by atoms with E-state index in [0.29, 0.717) is 17.5 Å². The molecule has 0 amide bonds. The Bertz CT molecular complexity index is 396. The average molecular weight is 324 g/mol. The van der Waals surface area contributed by atoms with Crippen LogP contribution in [0, 0.1) is 5.41 Å². The fourth-order valence-electron chi connectivity index (χ4n) is 3.27. The second-order valence-electron chi connectivity index (χ2n) is 6.64. The molecule has 0 spiro atoms. The van der Waals surface area contributed by atoms with Crippen LogP contribution >= 0.6 is 15.9 Å². The van der Waals surface area contributed by atoms with Crippen LogP contribution in [0.4, 0.5) is 0 Å². The monoisotopic (exact) mass is 323 g/mol. The molecule has 0 heterocycles. The highest BCUT2D eigenvalue weighted by molar-refractivity contribution is 9.10. The number of halogens is 1. The predicted molar refractivity (Wildman–Crippen MR) is 86.3 cm³/mol. The van der Waals surface area contributed by atoms with Crippen molar-refractivity contribution in [1.29, 1.82) is 0 Å². The van der Waals surface area contributed by atoms with Gasteiger partial charge in [-0.15, -0.1) is 0 Å². The van der Waals surface area contributed by atoms with Gasteiger partial charge in [0.25, 0.3) is 0 Å². The van der Waals surface area contributed by atoms with Crippen LogP contribution < -0.4 is 5.32 Å². The van der Waals surface area contributed by atoms with E-state index in [0.717, 1.165) is 10.9 Å². The van der Waals surface area contributed by atoms with Crippen LogP contribution in [0.1, 0.15) is 64.5 Å². The summed E-state index contributed by atoms with van der Waals surface area (Å²) in [6, 6.07) is 9.93. The molecule has 0 radical (unpaired) electrons. The normalized spacial score (nSPS) is 24.1. The summed E-state index contributed by atoms with van der Waals surface area (Å²) >= 11 is 3.51.